The Kier molecular flexibility index (Phi) is 6.50. The van der Waals surface area contributed by atoms with Crippen molar-refractivity contribution in [1.82, 2.24) is 4.90 Å². The molecule has 0 rings (SSSR count). The van der Waals surface area contributed by atoms with E-state index < -0.39 is 0 Å². The van der Waals surface area contributed by atoms with E-state index in [9.17, 15) is 4.79 Å². The predicted molar refractivity (Wildman–Crippen MR) is 51.7 cm³/mol. The van der Waals surface area contributed by atoms with Crippen molar-refractivity contribution in [2.24, 2.45) is 0 Å². The standard InChI is InChI=1S/C10H19NO/c1-4-6-8-11(7-5-2)10(3)9-12/h4-8H2,1-3H3. The van der Waals surface area contributed by atoms with Crippen LogP contribution in [0.1, 0.15) is 40.0 Å². The molecule has 0 radical (unpaired) electrons. The van der Waals surface area contributed by atoms with Crippen LogP contribution in [0.4, 0.5) is 0 Å². The number of rotatable bonds is 6. The summed E-state index contributed by atoms with van der Waals surface area (Å²) in [5.41, 5.74) is 0.741. The lowest BCUT2D eigenvalue weighted by Gasteiger charge is -2.21. The summed E-state index contributed by atoms with van der Waals surface area (Å²) in [6, 6.07) is 0. The smallest absolute Gasteiger partial charge is 0.145 e. The molecule has 2 nitrogen and oxygen atoms in total. The molecule has 0 unspecified atom stereocenters. The van der Waals surface area contributed by atoms with Gasteiger partial charge in [0.1, 0.15) is 5.94 Å². The van der Waals surface area contributed by atoms with Gasteiger partial charge < -0.3 is 4.90 Å². The molecule has 0 aromatic heterocycles. The molecule has 0 saturated heterocycles. The third-order valence-electron chi connectivity index (χ3n) is 1.90. The summed E-state index contributed by atoms with van der Waals surface area (Å²) in [4.78, 5) is 12.5. The number of hydrogen-bond donors (Lipinski definition) is 0. The van der Waals surface area contributed by atoms with Gasteiger partial charge in [-0.05, 0) is 19.8 Å². The van der Waals surface area contributed by atoms with Crippen LogP contribution in [0.3, 0.4) is 0 Å². The van der Waals surface area contributed by atoms with Gasteiger partial charge in [-0.1, -0.05) is 20.3 Å². The summed E-state index contributed by atoms with van der Waals surface area (Å²) in [5, 5.41) is 0. The van der Waals surface area contributed by atoms with Crippen molar-refractivity contribution in [3.05, 3.63) is 5.70 Å². The van der Waals surface area contributed by atoms with E-state index in [-0.39, 0.29) is 0 Å². The normalized spacial score (nSPS) is 9.25. The van der Waals surface area contributed by atoms with Gasteiger partial charge in [-0.25, -0.2) is 4.79 Å². The van der Waals surface area contributed by atoms with E-state index in [2.05, 4.69) is 18.7 Å². The van der Waals surface area contributed by atoms with Crippen molar-refractivity contribution < 1.29 is 4.79 Å². The van der Waals surface area contributed by atoms with Crippen LogP contribution in [-0.2, 0) is 4.79 Å². The fourth-order valence-electron chi connectivity index (χ4n) is 1.13. The molecule has 0 amide bonds. The van der Waals surface area contributed by atoms with Crippen molar-refractivity contribution in [3.63, 3.8) is 0 Å². The Morgan fingerprint density at radius 3 is 2.33 bits per heavy atom. The number of unbranched alkanes of at least 4 members (excludes halogenated alkanes) is 1. The molecular formula is C10H19NO. The molecule has 0 heterocycles. The first-order chi connectivity index (χ1) is 5.76. The monoisotopic (exact) mass is 169 g/mol. The summed E-state index contributed by atoms with van der Waals surface area (Å²) in [6.07, 6.45) is 3.41. The maximum absolute atomic E-state index is 10.4. The van der Waals surface area contributed by atoms with Gasteiger partial charge in [0, 0.05) is 13.1 Å². The van der Waals surface area contributed by atoms with Gasteiger partial charge in [-0.3, -0.25) is 0 Å². The van der Waals surface area contributed by atoms with Crippen molar-refractivity contribution in [2.45, 2.75) is 40.0 Å². The molecule has 0 atom stereocenters. The van der Waals surface area contributed by atoms with Gasteiger partial charge in [-0.15, -0.1) is 0 Å². The Labute approximate surface area is 75.3 Å². The zero-order chi connectivity index (χ0) is 9.40. The average Bonchev–Trinajstić information content (AvgIpc) is 2.11. The molecular weight excluding hydrogens is 150 g/mol. The van der Waals surface area contributed by atoms with Crippen LogP contribution in [0.25, 0.3) is 0 Å². The first kappa shape index (κ1) is 11.2. The lowest BCUT2D eigenvalue weighted by molar-refractivity contribution is 0.340. The van der Waals surface area contributed by atoms with Gasteiger partial charge >= 0.3 is 0 Å². The van der Waals surface area contributed by atoms with E-state index in [4.69, 9.17) is 0 Å². The SMILES string of the molecule is CCCCN(CCC)C(C)=C=O. The highest BCUT2D eigenvalue weighted by Crippen LogP contribution is 2.03. The molecule has 0 N–H and O–H groups in total. The highest BCUT2D eigenvalue weighted by Gasteiger charge is 2.03. The molecule has 0 fully saturated rings. The minimum absolute atomic E-state index is 0.741. The third-order valence-corrected chi connectivity index (χ3v) is 1.90. The Hall–Kier alpha value is -0.750. The summed E-state index contributed by atoms with van der Waals surface area (Å²) in [5.74, 6) is 1.95. The van der Waals surface area contributed by atoms with Gasteiger partial charge in [0.15, 0.2) is 0 Å². The van der Waals surface area contributed by atoms with Crippen LogP contribution in [0, 0.1) is 0 Å². The van der Waals surface area contributed by atoms with E-state index in [1.165, 1.54) is 6.42 Å². The van der Waals surface area contributed by atoms with Gasteiger partial charge in [0.05, 0.1) is 5.70 Å². The topological polar surface area (TPSA) is 20.3 Å². The zero-order valence-corrected chi connectivity index (χ0v) is 8.39. The number of allylic oxidation sites excluding steroid dienone is 1. The molecule has 2 heteroatoms. The lowest BCUT2D eigenvalue weighted by atomic mass is 10.3. The molecule has 0 aliphatic rings. The van der Waals surface area contributed by atoms with Crippen LogP contribution in [0.2, 0.25) is 0 Å². The van der Waals surface area contributed by atoms with E-state index in [1.807, 2.05) is 12.9 Å². The molecule has 0 aliphatic heterocycles. The van der Waals surface area contributed by atoms with Crippen LogP contribution in [0.15, 0.2) is 5.70 Å². The minimum Gasteiger partial charge on any atom is -0.366 e. The molecule has 0 aromatic rings. The average molecular weight is 169 g/mol. The highest BCUT2D eigenvalue weighted by atomic mass is 16.1. The van der Waals surface area contributed by atoms with Gasteiger partial charge in [0.2, 0.25) is 0 Å². The van der Waals surface area contributed by atoms with Crippen molar-refractivity contribution in [1.29, 1.82) is 0 Å². The zero-order valence-electron chi connectivity index (χ0n) is 8.39. The van der Waals surface area contributed by atoms with Crippen LogP contribution >= 0.6 is 0 Å². The molecule has 0 aromatic carbocycles. The van der Waals surface area contributed by atoms with Crippen molar-refractivity contribution in [2.75, 3.05) is 13.1 Å². The summed E-state index contributed by atoms with van der Waals surface area (Å²) >= 11 is 0. The van der Waals surface area contributed by atoms with Crippen LogP contribution in [-0.4, -0.2) is 23.9 Å². The predicted octanol–water partition coefficient (Wildman–Crippen LogP) is 2.23. The lowest BCUT2D eigenvalue weighted by Crippen LogP contribution is -2.24. The van der Waals surface area contributed by atoms with Crippen molar-refractivity contribution >= 4 is 5.94 Å². The van der Waals surface area contributed by atoms with Crippen LogP contribution < -0.4 is 0 Å². The minimum atomic E-state index is 0.741. The second-order valence-electron chi connectivity index (χ2n) is 3.03. The second-order valence-corrected chi connectivity index (χ2v) is 3.03. The fraction of sp³-hybridized carbons (Fsp3) is 0.800. The van der Waals surface area contributed by atoms with E-state index in [0.717, 1.165) is 31.6 Å². The molecule has 70 valence electrons. The Bertz CT molecular complexity index is 159. The summed E-state index contributed by atoms with van der Waals surface area (Å²) in [6.45, 7) is 8.08. The first-order valence-electron chi connectivity index (χ1n) is 4.72. The number of carbonyl (C=O) groups excluding carboxylic acids is 1. The van der Waals surface area contributed by atoms with Gasteiger partial charge in [-0.2, -0.15) is 0 Å². The number of hydrogen-bond acceptors (Lipinski definition) is 2. The third kappa shape index (κ3) is 4.20. The molecule has 0 aliphatic carbocycles. The Balaban J connectivity index is 3.94. The quantitative estimate of drug-likeness (QED) is 0.568. The Morgan fingerprint density at radius 2 is 1.92 bits per heavy atom. The highest BCUT2D eigenvalue weighted by molar-refractivity contribution is 5.50. The molecule has 0 bridgehead atoms. The largest absolute Gasteiger partial charge is 0.366 e. The number of nitrogens with zero attached hydrogens (tertiary/aromatic N) is 1. The van der Waals surface area contributed by atoms with Gasteiger partial charge in [0.25, 0.3) is 0 Å². The molecule has 0 spiro atoms. The summed E-state index contributed by atoms with van der Waals surface area (Å²) in [7, 11) is 0. The van der Waals surface area contributed by atoms with E-state index in [0.29, 0.717) is 0 Å². The van der Waals surface area contributed by atoms with E-state index >= 15 is 0 Å². The maximum atomic E-state index is 10.4. The Morgan fingerprint density at radius 1 is 1.25 bits per heavy atom. The first-order valence-corrected chi connectivity index (χ1v) is 4.72. The second kappa shape index (κ2) is 6.93. The van der Waals surface area contributed by atoms with Crippen LogP contribution in [0.5, 0.6) is 0 Å². The molecule has 12 heavy (non-hydrogen) atoms. The summed E-state index contributed by atoms with van der Waals surface area (Å²) < 4.78 is 0. The maximum Gasteiger partial charge on any atom is 0.145 e. The van der Waals surface area contributed by atoms with E-state index in [1.54, 1.807) is 0 Å². The fourth-order valence-corrected chi connectivity index (χ4v) is 1.13. The molecule has 0 saturated carbocycles. The van der Waals surface area contributed by atoms with Crippen molar-refractivity contribution in [3.8, 4) is 0 Å².